The molecule has 0 saturated heterocycles. The molecule has 6 heteroatoms. The van der Waals surface area contributed by atoms with Crippen molar-refractivity contribution in [1.82, 2.24) is 5.32 Å². The number of alkyl halides is 3. The summed E-state index contributed by atoms with van der Waals surface area (Å²) in [6.45, 7) is 2.26. The molecule has 0 radical (unpaired) electrons. The van der Waals surface area contributed by atoms with Crippen LogP contribution in [0.1, 0.15) is 18.9 Å². The van der Waals surface area contributed by atoms with Crippen molar-refractivity contribution in [2.24, 2.45) is 5.92 Å². The maximum Gasteiger partial charge on any atom is 0.389 e. The maximum absolute atomic E-state index is 12.3. The maximum atomic E-state index is 12.3. The van der Waals surface area contributed by atoms with E-state index in [-0.39, 0.29) is 18.2 Å². The highest BCUT2D eigenvalue weighted by Crippen LogP contribution is 2.25. The van der Waals surface area contributed by atoms with Crippen LogP contribution >= 0.6 is 0 Å². The Labute approximate surface area is 116 Å². The van der Waals surface area contributed by atoms with Crippen molar-refractivity contribution in [2.75, 3.05) is 18.9 Å². The number of aryl methyl sites for hydroxylation is 1. The topological polar surface area (TPSA) is 41.1 Å². The van der Waals surface area contributed by atoms with E-state index >= 15 is 0 Å². The minimum absolute atomic E-state index is 0.139. The first-order valence-electron chi connectivity index (χ1n) is 6.43. The Hall–Kier alpha value is -1.56. The Bertz CT molecular complexity index is 446. The van der Waals surface area contributed by atoms with Gasteiger partial charge in [-0.25, -0.2) is 0 Å². The van der Waals surface area contributed by atoms with Gasteiger partial charge in [-0.2, -0.15) is 13.2 Å². The van der Waals surface area contributed by atoms with Crippen LogP contribution in [0.5, 0.6) is 0 Å². The lowest BCUT2D eigenvalue weighted by atomic mass is 10.1. The van der Waals surface area contributed by atoms with E-state index in [2.05, 4.69) is 10.6 Å². The van der Waals surface area contributed by atoms with E-state index in [1.54, 1.807) is 38.2 Å². The Morgan fingerprint density at radius 3 is 2.55 bits per heavy atom. The Kier molecular flexibility index (Phi) is 6.01. The van der Waals surface area contributed by atoms with Crippen molar-refractivity contribution in [3.63, 3.8) is 0 Å². The quantitative estimate of drug-likeness (QED) is 0.845. The van der Waals surface area contributed by atoms with Crippen LogP contribution in [-0.2, 0) is 11.2 Å². The van der Waals surface area contributed by atoms with Gasteiger partial charge >= 0.3 is 6.18 Å². The lowest BCUT2D eigenvalue weighted by molar-refractivity contribution is -0.133. The molecule has 3 nitrogen and oxygen atoms in total. The summed E-state index contributed by atoms with van der Waals surface area (Å²) in [6, 6.07) is 6.58. The Morgan fingerprint density at radius 1 is 1.30 bits per heavy atom. The van der Waals surface area contributed by atoms with Gasteiger partial charge in [0.05, 0.1) is 0 Å². The molecule has 0 aliphatic heterocycles. The fraction of sp³-hybridized carbons (Fsp3) is 0.500. The predicted molar refractivity (Wildman–Crippen MR) is 72.5 cm³/mol. The fourth-order valence-electron chi connectivity index (χ4n) is 1.79. The first-order valence-corrected chi connectivity index (χ1v) is 6.43. The lowest BCUT2D eigenvalue weighted by Gasteiger charge is -2.15. The molecule has 1 unspecified atom stereocenters. The second-order valence-electron chi connectivity index (χ2n) is 4.72. The molecule has 1 aromatic rings. The highest BCUT2D eigenvalue weighted by molar-refractivity contribution is 5.93. The van der Waals surface area contributed by atoms with Gasteiger partial charge in [-0.3, -0.25) is 4.79 Å². The zero-order valence-corrected chi connectivity index (χ0v) is 11.6. The van der Waals surface area contributed by atoms with Gasteiger partial charge in [-0.05, 0) is 25.1 Å². The molecule has 1 aromatic carbocycles. The number of anilines is 1. The number of hydrogen-bond donors (Lipinski definition) is 2. The molecule has 0 aromatic heterocycles. The standard InChI is InChI=1S/C14H19F3N2O/c1-10(9-18-2)13(20)19-12-6-4-3-5-11(12)7-8-14(15,16)17/h3-6,10,18H,7-9H2,1-2H3,(H,19,20). The van der Waals surface area contributed by atoms with Crippen LogP contribution in [0.25, 0.3) is 0 Å². The van der Waals surface area contributed by atoms with E-state index in [9.17, 15) is 18.0 Å². The molecule has 1 atom stereocenters. The van der Waals surface area contributed by atoms with E-state index in [1.165, 1.54) is 0 Å². The number of carbonyl (C=O) groups is 1. The van der Waals surface area contributed by atoms with Gasteiger partial charge in [-0.1, -0.05) is 25.1 Å². The molecule has 1 rings (SSSR count). The molecular weight excluding hydrogens is 269 g/mol. The molecule has 20 heavy (non-hydrogen) atoms. The smallest absolute Gasteiger partial charge is 0.326 e. The van der Waals surface area contributed by atoms with Gasteiger partial charge in [0.15, 0.2) is 0 Å². The van der Waals surface area contributed by atoms with Gasteiger partial charge in [-0.15, -0.1) is 0 Å². The molecule has 0 bridgehead atoms. The van der Waals surface area contributed by atoms with Crippen LogP contribution in [0, 0.1) is 5.92 Å². The van der Waals surface area contributed by atoms with Gasteiger partial charge in [0.25, 0.3) is 0 Å². The minimum atomic E-state index is -4.20. The third-order valence-corrected chi connectivity index (χ3v) is 2.91. The summed E-state index contributed by atoms with van der Waals surface area (Å²) in [7, 11) is 1.74. The van der Waals surface area contributed by atoms with Crippen LogP contribution in [0.4, 0.5) is 18.9 Å². The summed E-state index contributed by atoms with van der Waals surface area (Å²) in [5, 5.41) is 5.57. The summed E-state index contributed by atoms with van der Waals surface area (Å²) in [5.74, 6) is -0.463. The molecule has 2 N–H and O–H groups in total. The number of amides is 1. The normalized spacial score (nSPS) is 13.1. The molecule has 0 fully saturated rings. The van der Waals surface area contributed by atoms with E-state index in [4.69, 9.17) is 0 Å². The molecule has 0 aliphatic rings. The zero-order chi connectivity index (χ0) is 15.2. The van der Waals surface area contributed by atoms with Crippen molar-refractivity contribution in [3.05, 3.63) is 29.8 Å². The van der Waals surface area contributed by atoms with E-state index in [0.717, 1.165) is 0 Å². The molecule has 0 spiro atoms. The van der Waals surface area contributed by atoms with E-state index < -0.39 is 12.6 Å². The number of rotatable bonds is 6. The van der Waals surface area contributed by atoms with Crippen molar-refractivity contribution < 1.29 is 18.0 Å². The van der Waals surface area contributed by atoms with Gasteiger partial charge in [0, 0.05) is 24.6 Å². The third kappa shape index (κ3) is 5.61. The van der Waals surface area contributed by atoms with Gasteiger partial charge < -0.3 is 10.6 Å². The summed E-state index contributed by atoms with van der Waals surface area (Å²) in [4.78, 5) is 11.9. The SMILES string of the molecule is CNCC(C)C(=O)Nc1ccccc1CCC(F)(F)F. The first kappa shape index (κ1) is 16.5. The van der Waals surface area contributed by atoms with Crippen LogP contribution < -0.4 is 10.6 Å². The van der Waals surface area contributed by atoms with Crippen molar-refractivity contribution in [3.8, 4) is 0 Å². The second kappa shape index (κ2) is 7.28. The van der Waals surface area contributed by atoms with Crippen molar-refractivity contribution >= 4 is 11.6 Å². The summed E-state index contributed by atoms with van der Waals surface area (Å²) < 4.78 is 36.8. The largest absolute Gasteiger partial charge is 0.389 e. The van der Waals surface area contributed by atoms with E-state index in [1.807, 2.05) is 0 Å². The number of benzene rings is 1. The summed E-state index contributed by atoms with van der Waals surface area (Å²) in [6.07, 6.45) is -5.23. The van der Waals surface area contributed by atoms with Crippen molar-refractivity contribution in [2.45, 2.75) is 25.9 Å². The van der Waals surface area contributed by atoms with Crippen LogP contribution in [0.3, 0.4) is 0 Å². The van der Waals surface area contributed by atoms with Crippen LogP contribution in [-0.4, -0.2) is 25.7 Å². The number of halogens is 3. The fourth-order valence-corrected chi connectivity index (χ4v) is 1.79. The molecular formula is C14H19F3N2O. The van der Waals surface area contributed by atoms with Gasteiger partial charge in [0.1, 0.15) is 0 Å². The second-order valence-corrected chi connectivity index (χ2v) is 4.72. The Balaban J connectivity index is 2.72. The molecule has 0 heterocycles. The first-order chi connectivity index (χ1) is 9.33. The number of nitrogens with one attached hydrogen (secondary N) is 2. The average Bonchev–Trinajstić information content (AvgIpc) is 2.37. The molecule has 1 amide bonds. The highest BCUT2D eigenvalue weighted by Gasteiger charge is 2.27. The lowest BCUT2D eigenvalue weighted by Crippen LogP contribution is -2.29. The summed E-state index contributed by atoms with van der Waals surface area (Å²) in [5.41, 5.74) is 0.944. The monoisotopic (exact) mass is 288 g/mol. The Morgan fingerprint density at radius 2 is 1.95 bits per heavy atom. The van der Waals surface area contributed by atoms with Crippen LogP contribution in [0.15, 0.2) is 24.3 Å². The number of para-hydroxylation sites is 1. The predicted octanol–water partition coefficient (Wildman–Crippen LogP) is 2.98. The molecule has 0 aliphatic carbocycles. The van der Waals surface area contributed by atoms with Crippen molar-refractivity contribution in [1.29, 1.82) is 0 Å². The number of hydrogen-bond acceptors (Lipinski definition) is 2. The third-order valence-electron chi connectivity index (χ3n) is 2.91. The zero-order valence-electron chi connectivity index (χ0n) is 11.6. The van der Waals surface area contributed by atoms with Gasteiger partial charge in [0.2, 0.25) is 5.91 Å². The number of carbonyl (C=O) groups excluding carboxylic acids is 1. The minimum Gasteiger partial charge on any atom is -0.326 e. The highest BCUT2D eigenvalue weighted by atomic mass is 19.4. The molecule has 112 valence electrons. The van der Waals surface area contributed by atoms with E-state index in [0.29, 0.717) is 17.8 Å². The molecule has 0 saturated carbocycles. The van der Waals surface area contributed by atoms with Crippen LogP contribution in [0.2, 0.25) is 0 Å². The average molecular weight is 288 g/mol. The summed E-state index contributed by atoms with van der Waals surface area (Å²) >= 11 is 0.